The summed E-state index contributed by atoms with van der Waals surface area (Å²) >= 11 is 0. The molecule has 3 N–H and O–H groups in total. The number of alkyl carbamates (subject to hydrolysis) is 1. The van der Waals surface area contributed by atoms with Gasteiger partial charge in [0.2, 0.25) is 5.91 Å². The molecule has 0 heterocycles. The maximum atomic E-state index is 12.5. The molecule has 34 heavy (non-hydrogen) atoms. The first-order valence-corrected chi connectivity index (χ1v) is 12.0. The number of amides is 2. The number of aliphatic carboxylic acids is 1. The second-order valence-corrected chi connectivity index (χ2v) is 9.44. The van der Waals surface area contributed by atoms with Crippen LogP contribution in [0.5, 0.6) is 0 Å². The fraction of sp³-hybridized carbons (Fsp3) is 0.444. The fourth-order valence-corrected chi connectivity index (χ4v) is 5.27. The second-order valence-electron chi connectivity index (χ2n) is 9.44. The zero-order valence-electron chi connectivity index (χ0n) is 19.5. The number of hydrogen-bond donors (Lipinski definition) is 3. The Balaban J connectivity index is 1.25. The molecule has 2 aromatic carbocycles. The van der Waals surface area contributed by atoms with Crippen molar-refractivity contribution in [2.75, 3.05) is 13.2 Å². The Kier molecular flexibility index (Phi) is 7.50. The van der Waals surface area contributed by atoms with Crippen LogP contribution in [0.15, 0.2) is 48.5 Å². The van der Waals surface area contributed by atoms with Gasteiger partial charge in [0.15, 0.2) is 0 Å². The van der Waals surface area contributed by atoms with Gasteiger partial charge in [-0.1, -0.05) is 55.0 Å². The van der Waals surface area contributed by atoms with Crippen LogP contribution >= 0.6 is 0 Å². The first kappa shape index (κ1) is 23.8. The Labute approximate surface area is 199 Å². The SMILES string of the molecule is C[C@H](CC(=O)O)NC(=O)C1CCCC(CNC(=O)OCC2c3ccccc3-c3ccccc32)C1. The molecule has 2 unspecified atom stereocenters. The molecule has 0 saturated heterocycles. The summed E-state index contributed by atoms with van der Waals surface area (Å²) in [6.07, 6.45) is 2.78. The largest absolute Gasteiger partial charge is 0.481 e. The fourth-order valence-electron chi connectivity index (χ4n) is 5.27. The first-order chi connectivity index (χ1) is 16.4. The zero-order valence-corrected chi connectivity index (χ0v) is 19.5. The molecule has 0 bridgehead atoms. The van der Waals surface area contributed by atoms with Crippen molar-refractivity contribution >= 4 is 18.0 Å². The summed E-state index contributed by atoms with van der Waals surface area (Å²) in [5, 5.41) is 14.6. The Morgan fingerprint density at radius 2 is 1.68 bits per heavy atom. The van der Waals surface area contributed by atoms with Crippen LogP contribution in [0.4, 0.5) is 4.79 Å². The van der Waals surface area contributed by atoms with Crippen molar-refractivity contribution < 1.29 is 24.2 Å². The van der Waals surface area contributed by atoms with Gasteiger partial charge in [-0.05, 0) is 54.4 Å². The van der Waals surface area contributed by atoms with E-state index in [0.29, 0.717) is 13.0 Å². The maximum Gasteiger partial charge on any atom is 0.407 e. The van der Waals surface area contributed by atoms with Crippen LogP contribution in [0, 0.1) is 11.8 Å². The van der Waals surface area contributed by atoms with Crippen molar-refractivity contribution in [1.82, 2.24) is 10.6 Å². The number of ether oxygens (including phenoxy) is 1. The maximum absolute atomic E-state index is 12.5. The molecule has 0 spiro atoms. The van der Waals surface area contributed by atoms with Crippen LogP contribution in [0.2, 0.25) is 0 Å². The van der Waals surface area contributed by atoms with Crippen molar-refractivity contribution in [3.63, 3.8) is 0 Å². The third kappa shape index (κ3) is 5.58. The highest BCUT2D eigenvalue weighted by molar-refractivity contribution is 5.80. The highest BCUT2D eigenvalue weighted by Crippen LogP contribution is 2.44. The molecular weight excluding hydrogens is 432 g/mol. The van der Waals surface area contributed by atoms with Gasteiger partial charge in [0.1, 0.15) is 6.61 Å². The summed E-state index contributed by atoms with van der Waals surface area (Å²) in [5.74, 6) is -0.964. The number of carboxylic acids is 1. The van der Waals surface area contributed by atoms with Crippen molar-refractivity contribution in [3.05, 3.63) is 59.7 Å². The Morgan fingerprint density at radius 1 is 1.03 bits per heavy atom. The average Bonchev–Trinajstić information content (AvgIpc) is 3.15. The van der Waals surface area contributed by atoms with Gasteiger partial charge in [0, 0.05) is 24.4 Å². The average molecular weight is 465 g/mol. The third-order valence-electron chi connectivity index (χ3n) is 6.90. The van der Waals surface area contributed by atoms with E-state index in [1.165, 1.54) is 22.3 Å². The molecule has 2 aromatic rings. The predicted molar refractivity (Wildman–Crippen MR) is 128 cm³/mol. The molecule has 2 amide bonds. The Morgan fingerprint density at radius 3 is 2.32 bits per heavy atom. The number of nitrogens with one attached hydrogen (secondary N) is 2. The number of hydrogen-bond acceptors (Lipinski definition) is 4. The highest BCUT2D eigenvalue weighted by Gasteiger charge is 2.30. The van der Waals surface area contributed by atoms with E-state index in [-0.39, 0.29) is 36.7 Å². The number of benzene rings is 2. The van der Waals surface area contributed by atoms with Crippen molar-refractivity contribution in [2.24, 2.45) is 11.8 Å². The number of carbonyl (C=O) groups is 3. The van der Waals surface area contributed by atoms with Crippen molar-refractivity contribution in [3.8, 4) is 11.1 Å². The Hall–Kier alpha value is -3.35. The van der Waals surface area contributed by atoms with Gasteiger partial charge in [-0.15, -0.1) is 0 Å². The van der Waals surface area contributed by atoms with E-state index >= 15 is 0 Å². The minimum absolute atomic E-state index is 0.0219. The lowest BCUT2D eigenvalue weighted by Gasteiger charge is -2.29. The number of rotatable bonds is 8. The molecule has 3 atom stereocenters. The second kappa shape index (κ2) is 10.7. The normalized spacial score (nSPS) is 20.0. The molecule has 2 aliphatic rings. The summed E-state index contributed by atoms with van der Waals surface area (Å²) in [5.41, 5.74) is 4.73. The van der Waals surface area contributed by atoms with Gasteiger partial charge >= 0.3 is 12.1 Å². The van der Waals surface area contributed by atoms with Gasteiger partial charge in [-0.3, -0.25) is 9.59 Å². The van der Waals surface area contributed by atoms with Crippen LogP contribution in [0.25, 0.3) is 11.1 Å². The summed E-state index contributed by atoms with van der Waals surface area (Å²) in [6, 6.07) is 16.1. The van der Waals surface area contributed by atoms with E-state index in [1.807, 2.05) is 24.3 Å². The monoisotopic (exact) mass is 464 g/mol. The molecule has 2 aliphatic carbocycles. The molecule has 0 radical (unpaired) electrons. The van der Waals surface area contributed by atoms with Gasteiger partial charge < -0.3 is 20.5 Å². The quantitative estimate of drug-likeness (QED) is 0.540. The molecule has 7 heteroatoms. The van der Waals surface area contributed by atoms with Crippen LogP contribution in [0.1, 0.15) is 56.1 Å². The predicted octanol–water partition coefficient (Wildman–Crippen LogP) is 4.31. The van der Waals surface area contributed by atoms with Gasteiger partial charge in [0.05, 0.1) is 6.42 Å². The number of fused-ring (bicyclic) bond motifs is 3. The lowest BCUT2D eigenvalue weighted by molar-refractivity contribution is -0.137. The Bertz CT molecular complexity index is 1010. The standard InChI is InChI=1S/C27H32N2O5/c1-17(13-25(30)31)29-26(32)19-8-6-7-18(14-19)15-28-27(33)34-16-24-22-11-4-2-9-20(22)21-10-3-5-12-23(21)24/h2-5,9-12,17-19,24H,6-8,13-16H2,1H3,(H,28,33)(H,29,32)(H,30,31)/t17-,18?,19?/m1/s1. The van der Waals surface area contributed by atoms with Crippen LogP contribution < -0.4 is 10.6 Å². The lowest BCUT2D eigenvalue weighted by atomic mass is 9.81. The van der Waals surface area contributed by atoms with Crippen LogP contribution in [-0.4, -0.2) is 42.3 Å². The smallest absolute Gasteiger partial charge is 0.407 e. The lowest BCUT2D eigenvalue weighted by Crippen LogP contribution is -2.41. The summed E-state index contributed by atoms with van der Waals surface area (Å²) in [7, 11) is 0. The molecule has 0 aromatic heterocycles. The minimum Gasteiger partial charge on any atom is -0.481 e. The zero-order chi connectivity index (χ0) is 24.1. The molecule has 1 fully saturated rings. The molecule has 0 aliphatic heterocycles. The topological polar surface area (TPSA) is 105 Å². The number of carboxylic acid groups (broad SMARTS) is 1. The van der Waals surface area contributed by atoms with Crippen molar-refractivity contribution in [2.45, 2.75) is 51.0 Å². The summed E-state index contributed by atoms with van der Waals surface area (Å²) in [4.78, 5) is 35.8. The molecule has 180 valence electrons. The van der Waals surface area contributed by atoms with Gasteiger partial charge in [-0.2, -0.15) is 0 Å². The summed E-state index contributed by atoms with van der Waals surface area (Å²) in [6.45, 7) is 2.44. The van der Waals surface area contributed by atoms with Crippen LogP contribution in [0.3, 0.4) is 0 Å². The van der Waals surface area contributed by atoms with E-state index in [1.54, 1.807) is 6.92 Å². The summed E-state index contributed by atoms with van der Waals surface area (Å²) < 4.78 is 5.61. The van der Waals surface area contributed by atoms with Crippen LogP contribution in [-0.2, 0) is 14.3 Å². The number of carbonyl (C=O) groups excluding carboxylic acids is 2. The van der Waals surface area contributed by atoms with Crippen molar-refractivity contribution in [1.29, 1.82) is 0 Å². The first-order valence-electron chi connectivity index (χ1n) is 12.0. The molecule has 7 nitrogen and oxygen atoms in total. The minimum atomic E-state index is -0.929. The van der Waals surface area contributed by atoms with E-state index in [2.05, 4.69) is 34.9 Å². The van der Waals surface area contributed by atoms with E-state index in [9.17, 15) is 14.4 Å². The molecule has 1 saturated carbocycles. The molecule has 4 rings (SSSR count). The van der Waals surface area contributed by atoms with E-state index in [4.69, 9.17) is 9.84 Å². The molecular formula is C27H32N2O5. The third-order valence-corrected chi connectivity index (χ3v) is 6.90. The van der Waals surface area contributed by atoms with E-state index in [0.717, 1.165) is 19.3 Å². The van der Waals surface area contributed by atoms with E-state index < -0.39 is 18.1 Å². The highest BCUT2D eigenvalue weighted by atomic mass is 16.5. The van der Waals surface area contributed by atoms with Gasteiger partial charge in [0.25, 0.3) is 0 Å². The van der Waals surface area contributed by atoms with Gasteiger partial charge in [-0.25, -0.2) is 4.79 Å².